The van der Waals surface area contributed by atoms with E-state index in [0.717, 1.165) is 0 Å². The average Bonchev–Trinajstić information content (AvgIpc) is 3.20. The van der Waals surface area contributed by atoms with Gasteiger partial charge in [0.15, 0.2) is 12.4 Å². The van der Waals surface area contributed by atoms with Gasteiger partial charge in [0.2, 0.25) is 5.95 Å². The molecule has 9 nitrogen and oxygen atoms in total. The topological polar surface area (TPSA) is 108 Å². The van der Waals surface area contributed by atoms with Crippen molar-refractivity contribution in [2.75, 3.05) is 33.3 Å². The molecule has 0 radical (unpaired) electrons. The van der Waals surface area contributed by atoms with Gasteiger partial charge in [-0.25, -0.2) is 0 Å². The number of methoxy groups -OCH3 is 3. The maximum atomic E-state index is 12.1. The van der Waals surface area contributed by atoms with Gasteiger partial charge in [-0.3, -0.25) is 15.2 Å². The molecular formula is C19H20N4O5. The molecule has 0 saturated carbocycles. The number of nitrogens with one attached hydrogen (secondary N) is 2. The number of aromatic amines is 1. The number of hydrogen-bond acceptors (Lipinski definition) is 7. The van der Waals surface area contributed by atoms with E-state index < -0.39 is 0 Å². The van der Waals surface area contributed by atoms with E-state index in [0.29, 0.717) is 34.4 Å². The van der Waals surface area contributed by atoms with Crippen LogP contribution in [-0.2, 0) is 4.79 Å². The third-order valence-corrected chi connectivity index (χ3v) is 3.83. The molecule has 3 aromatic rings. The molecule has 1 aromatic heterocycles. The first-order chi connectivity index (χ1) is 13.6. The second kappa shape index (κ2) is 8.76. The van der Waals surface area contributed by atoms with Crippen molar-refractivity contribution in [2.45, 2.75) is 0 Å². The number of H-pyrrole nitrogens is 1. The van der Waals surface area contributed by atoms with Gasteiger partial charge in [-0.15, -0.1) is 5.10 Å². The number of rotatable bonds is 8. The number of amides is 1. The number of carbonyl (C=O) groups excluding carboxylic acids is 1. The minimum absolute atomic E-state index is 0.135. The van der Waals surface area contributed by atoms with Crippen LogP contribution in [0.15, 0.2) is 42.5 Å². The van der Waals surface area contributed by atoms with Gasteiger partial charge in [-0.1, -0.05) is 0 Å². The summed E-state index contributed by atoms with van der Waals surface area (Å²) in [7, 11) is 4.70. The van der Waals surface area contributed by atoms with Crippen molar-refractivity contribution in [1.82, 2.24) is 15.2 Å². The Morgan fingerprint density at radius 2 is 1.64 bits per heavy atom. The van der Waals surface area contributed by atoms with E-state index >= 15 is 0 Å². The van der Waals surface area contributed by atoms with Crippen molar-refractivity contribution < 1.29 is 23.7 Å². The summed E-state index contributed by atoms with van der Waals surface area (Å²) in [6, 6.07) is 12.2. The van der Waals surface area contributed by atoms with E-state index in [4.69, 9.17) is 18.9 Å². The van der Waals surface area contributed by atoms with Crippen LogP contribution in [0.1, 0.15) is 0 Å². The summed E-state index contributed by atoms with van der Waals surface area (Å²) in [5.41, 5.74) is 0.686. The second-order valence-electron chi connectivity index (χ2n) is 5.59. The first-order valence-electron chi connectivity index (χ1n) is 8.34. The van der Waals surface area contributed by atoms with E-state index in [1.807, 2.05) is 0 Å². The molecule has 0 unspecified atom stereocenters. The number of benzene rings is 2. The normalized spacial score (nSPS) is 10.2. The van der Waals surface area contributed by atoms with Crippen LogP contribution >= 0.6 is 0 Å². The van der Waals surface area contributed by atoms with E-state index in [1.54, 1.807) is 63.8 Å². The summed E-state index contributed by atoms with van der Waals surface area (Å²) in [6.45, 7) is -0.179. The van der Waals surface area contributed by atoms with Gasteiger partial charge in [0.25, 0.3) is 5.91 Å². The predicted molar refractivity (Wildman–Crippen MR) is 102 cm³/mol. The van der Waals surface area contributed by atoms with E-state index in [9.17, 15) is 4.79 Å². The maximum absolute atomic E-state index is 12.1. The number of ether oxygens (including phenoxy) is 4. The van der Waals surface area contributed by atoms with Crippen LogP contribution in [0.25, 0.3) is 11.4 Å². The number of aromatic nitrogens is 3. The highest BCUT2D eigenvalue weighted by Gasteiger charge is 2.14. The van der Waals surface area contributed by atoms with Crippen molar-refractivity contribution in [1.29, 1.82) is 0 Å². The molecule has 146 valence electrons. The highest BCUT2D eigenvalue weighted by atomic mass is 16.5. The van der Waals surface area contributed by atoms with Crippen molar-refractivity contribution in [2.24, 2.45) is 0 Å². The lowest BCUT2D eigenvalue weighted by molar-refractivity contribution is -0.118. The molecular weight excluding hydrogens is 364 g/mol. The van der Waals surface area contributed by atoms with Crippen molar-refractivity contribution in [3.8, 4) is 34.4 Å². The van der Waals surface area contributed by atoms with Crippen molar-refractivity contribution in [3.63, 3.8) is 0 Å². The standard InChI is InChI=1S/C19H20N4O5/c1-25-12-4-6-13(7-5-12)28-11-17(24)20-19-21-18(22-23-19)15-9-8-14(26-2)10-16(15)27-3/h4-10H,11H2,1-3H3,(H2,20,21,22,23,24). The number of carbonyl (C=O) groups is 1. The zero-order valence-electron chi connectivity index (χ0n) is 15.7. The number of anilines is 1. The summed E-state index contributed by atoms with van der Waals surface area (Å²) in [4.78, 5) is 16.3. The quantitative estimate of drug-likeness (QED) is 0.614. The Kier molecular flexibility index (Phi) is 5.95. The molecule has 0 fully saturated rings. The van der Waals surface area contributed by atoms with E-state index in [2.05, 4.69) is 20.5 Å². The average molecular weight is 384 g/mol. The van der Waals surface area contributed by atoms with Crippen LogP contribution in [-0.4, -0.2) is 49.0 Å². The summed E-state index contributed by atoms with van der Waals surface area (Å²) < 4.78 is 21.0. The smallest absolute Gasteiger partial charge is 0.264 e. The van der Waals surface area contributed by atoms with Crippen LogP contribution in [0.5, 0.6) is 23.0 Å². The molecule has 0 aliphatic carbocycles. The molecule has 0 spiro atoms. The van der Waals surface area contributed by atoms with Crippen LogP contribution in [0, 0.1) is 0 Å². The Morgan fingerprint density at radius 1 is 0.964 bits per heavy atom. The minimum atomic E-state index is -0.386. The SMILES string of the molecule is COc1ccc(OCC(=O)Nc2n[nH]c(-c3ccc(OC)cc3OC)n2)cc1. The van der Waals surface area contributed by atoms with Gasteiger partial charge in [0, 0.05) is 6.07 Å². The molecule has 0 bridgehead atoms. The highest BCUT2D eigenvalue weighted by molar-refractivity contribution is 5.90. The Balaban J connectivity index is 1.61. The van der Waals surface area contributed by atoms with Crippen molar-refractivity contribution >= 4 is 11.9 Å². The van der Waals surface area contributed by atoms with Crippen molar-refractivity contribution in [3.05, 3.63) is 42.5 Å². The van der Waals surface area contributed by atoms with Crippen LogP contribution < -0.4 is 24.3 Å². The molecule has 0 atom stereocenters. The Labute approximate surface area is 161 Å². The van der Waals surface area contributed by atoms with E-state index in [-0.39, 0.29) is 18.5 Å². The van der Waals surface area contributed by atoms with Crippen LogP contribution in [0.4, 0.5) is 5.95 Å². The molecule has 28 heavy (non-hydrogen) atoms. The highest BCUT2D eigenvalue weighted by Crippen LogP contribution is 2.31. The fraction of sp³-hybridized carbons (Fsp3) is 0.211. The molecule has 1 amide bonds. The zero-order chi connectivity index (χ0) is 19.9. The molecule has 3 rings (SSSR count). The molecule has 0 aliphatic heterocycles. The lowest BCUT2D eigenvalue weighted by Crippen LogP contribution is -2.20. The van der Waals surface area contributed by atoms with Gasteiger partial charge < -0.3 is 18.9 Å². The summed E-state index contributed by atoms with van der Waals surface area (Å²) in [5, 5.41) is 9.35. The molecule has 1 heterocycles. The fourth-order valence-corrected chi connectivity index (χ4v) is 2.41. The molecule has 9 heteroatoms. The predicted octanol–water partition coefficient (Wildman–Crippen LogP) is 2.52. The third kappa shape index (κ3) is 4.50. The van der Waals surface area contributed by atoms with Gasteiger partial charge in [0.1, 0.15) is 23.0 Å². The first kappa shape index (κ1) is 19.0. The minimum Gasteiger partial charge on any atom is -0.497 e. The molecule has 0 saturated heterocycles. The van der Waals surface area contributed by atoms with Gasteiger partial charge >= 0.3 is 0 Å². The lowest BCUT2D eigenvalue weighted by Gasteiger charge is -2.08. The Hall–Kier alpha value is -3.75. The van der Waals surface area contributed by atoms with E-state index in [1.165, 1.54) is 0 Å². The Morgan fingerprint density at radius 3 is 2.32 bits per heavy atom. The first-order valence-corrected chi connectivity index (χ1v) is 8.34. The second-order valence-corrected chi connectivity index (χ2v) is 5.59. The summed E-state index contributed by atoms with van der Waals surface area (Å²) in [5.74, 6) is 2.68. The maximum Gasteiger partial charge on any atom is 0.264 e. The van der Waals surface area contributed by atoms with Gasteiger partial charge in [-0.05, 0) is 36.4 Å². The van der Waals surface area contributed by atoms with Gasteiger partial charge in [0.05, 0.1) is 26.9 Å². The molecule has 0 aliphatic rings. The number of nitrogens with zero attached hydrogens (tertiary/aromatic N) is 2. The lowest BCUT2D eigenvalue weighted by atomic mass is 10.2. The van der Waals surface area contributed by atoms with Crippen LogP contribution in [0.3, 0.4) is 0 Å². The number of hydrogen-bond donors (Lipinski definition) is 2. The monoisotopic (exact) mass is 384 g/mol. The molecule has 2 aromatic carbocycles. The Bertz CT molecular complexity index is 940. The summed E-state index contributed by atoms with van der Waals surface area (Å²) in [6.07, 6.45) is 0. The van der Waals surface area contributed by atoms with Crippen LogP contribution in [0.2, 0.25) is 0 Å². The third-order valence-electron chi connectivity index (χ3n) is 3.83. The summed E-state index contributed by atoms with van der Waals surface area (Å²) >= 11 is 0. The zero-order valence-corrected chi connectivity index (χ0v) is 15.7. The fourth-order valence-electron chi connectivity index (χ4n) is 2.41. The largest absolute Gasteiger partial charge is 0.497 e. The molecule has 2 N–H and O–H groups in total. The van der Waals surface area contributed by atoms with Gasteiger partial charge in [-0.2, -0.15) is 4.98 Å².